The molecule has 0 radical (unpaired) electrons. The van der Waals surface area contributed by atoms with Crippen LogP contribution in [0.1, 0.15) is 29.2 Å². The van der Waals surface area contributed by atoms with E-state index in [0.29, 0.717) is 0 Å². The highest BCUT2D eigenvalue weighted by atomic mass is 35.5. The van der Waals surface area contributed by atoms with Gasteiger partial charge in [-0.1, -0.05) is 17.7 Å². The van der Waals surface area contributed by atoms with Crippen molar-refractivity contribution in [1.82, 2.24) is 10.3 Å². The predicted octanol–water partition coefficient (Wildman–Crippen LogP) is 3.79. The summed E-state index contributed by atoms with van der Waals surface area (Å²) in [5.41, 5.74) is 3.43. The highest BCUT2D eigenvalue weighted by Gasteiger charge is 2.17. The fourth-order valence-corrected chi connectivity index (χ4v) is 3.80. The van der Waals surface area contributed by atoms with Gasteiger partial charge in [-0.25, -0.2) is 4.98 Å². The number of morpholine rings is 1. The zero-order valence-electron chi connectivity index (χ0n) is 13.5. The van der Waals surface area contributed by atoms with Crippen LogP contribution in [-0.2, 0) is 11.3 Å². The quantitative estimate of drug-likeness (QED) is 0.889. The third-order valence-corrected chi connectivity index (χ3v) is 5.54. The Morgan fingerprint density at radius 2 is 2.17 bits per heavy atom. The average molecular weight is 352 g/mol. The van der Waals surface area contributed by atoms with Crippen molar-refractivity contribution in [2.45, 2.75) is 26.4 Å². The first-order valence-corrected chi connectivity index (χ1v) is 9.16. The van der Waals surface area contributed by atoms with Crippen LogP contribution in [0.25, 0.3) is 0 Å². The Morgan fingerprint density at radius 3 is 2.87 bits per heavy atom. The second-order valence-electron chi connectivity index (χ2n) is 5.77. The standard InChI is InChI=1S/C17H22ClN3OS/c1-12-11-23-17(20-12)13(2)19-10-14-15(18)4-3-5-16(14)21-6-8-22-9-7-21/h3-5,11,13,19H,6-10H2,1-2H3. The van der Waals surface area contributed by atoms with E-state index in [1.165, 1.54) is 5.69 Å². The van der Waals surface area contributed by atoms with Crippen molar-refractivity contribution >= 4 is 28.6 Å². The number of anilines is 1. The molecule has 1 aliphatic heterocycles. The number of thiazole rings is 1. The fourth-order valence-electron chi connectivity index (χ4n) is 2.74. The average Bonchev–Trinajstić information content (AvgIpc) is 3.00. The van der Waals surface area contributed by atoms with Gasteiger partial charge in [0.05, 0.1) is 19.3 Å². The largest absolute Gasteiger partial charge is 0.378 e. The molecule has 2 aromatic rings. The molecule has 1 aromatic heterocycles. The van der Waals surface area contributed by atoms with Crippen LogP contribution >= 0.6 is 22.9 Å². The first-order valence-electron chi connectivity index (χ1n) is 7.90. The molecule has 0 saturated carbocycles. The zero-order valence-corrected chi connectivity index (χ0v) is 15.1. The van der Waals surface area contributed by atoms with Crippen LogP contribution in [0.5, 0.6) is 0 Å². The number of halogens is 1. The Kier molecular flexibility index (Phi) is 5.54. The molecule has 23 heavy (non-hydrogen) atoms. The smallest absolute Gasteiger partial charge is 0.110 e. The van der Waals surface area contributed by atoms with Crippen LogP contribution in [0.4, 0.5) is 5.69 Å². The highest BCUT2D eigenvalue weighted by Crippen LogP contribution is 2.29. The van der Waals surface area contributed by atoms with Gasteiger partial charge in [0.2, 0.25) is 0 Å². The van der Waals surface area contributed by atoms with Crippen molar-refractivity contribution in [1.29, 1.82) is 0 Å². The lowest BCUT2D eigenvalue weighted by molar-refractivity contribution is 0.122. The van der Waals surface area contributed by atoms with Gasteiger partial charge in [-0.2, -0.15) is 0 Å². The van der Waals surface area contributed by atoms with Crippen LogP contribution in [0.2, 0.25) is 5.02 Å². The van der Waals surface area contributed by atoms with E-state index in [9.17, 15) is 0 Å². The number of rotatable bonds is 5. The number of ether oxygens (including phenoxy) is 1. The summed E-state index contributed by atoms with van der Waals surface area (Å²) in [6.45, 7) is 8.26. The number of aromatic nitrogens is 1. The molecule has 6 heteroatoms. The Morgan fingerprint density at radius 1 is 1.39 bits per heavy atom. The first-order chi connectivity index (χ1) is 11.1. The third kappa shape index (κ3) is 4.04. The van der Waals surface area contributed by atoms with Crippen LogP contribution in [-0.4, -0.2) is 31.3 Å². The SMILES string of the molecule is Cc1csc(C(C)NCc2c(Cl)cccc2N2CCOCC2)n1. The lowest BCUT2D eigenvalue weighted by atomic mass is 10.1. The van der Waals surface area contributed by atoms with Crippen LogP contribution in [0, 0.1) is 6.92 Å². The molecule has 1 N–H and O–H groups in total. The number of hydrogen-bond donors (Lipinski definition) is 1. The Labute approximate surface area is 146 Å². The number of nitrogens with one attached hydrogen (secondary N) is 1. The number of nitrogens with zero attached hydrogens (tertiary/aromatic N) is 2. The topological polar surface area (TPSA) is 37.4 Å². The maximum Gasteiger partial charge on any atom is 0.110 e. The maximum absolute atomic E-state index is 6.47. The molecule has 1 fully saturated rings. The van der Waals surface area contributed by atoms with Gasteiger partial charge in [-0.3, -0.25) is 0 Å². The molecule has 1 aliphatic rings. The molecule has 2 heterocycles. The van der Waals surface area contributed by atoms with E-state index in [2.05, 4.69) is 33.6 Å². The molecular formula is C17H22ClN3OS. The van der Waals surface area contributed by atoms with E-state index in [1.54, 1.807) is 11.3 Å². The monoisotopic (exact) mass is 351 g/mol. The molecule has 1 saturated heterocycles. The molecular weight excluding hydrogens is 330 g/mol. The van der Waals surface area contributed by atoms with Crippen molar-refractivity contribution in [2.75, 3.05) is 31.2 Å². The van der Waals surface area contributed by atoms with Gasteiger partial charge in [0.1, 0.15) is 5.01 Å². The van der Waals surface area contributed by atoms with Crippen LogP contribution in [0.15, 0.2) is 23.6 Å². The van der Waals surface area contributed by atoms with E-state index in [0.717, 1.165) is 54.1 Å². The summed E-state index contributed by atoms with van der Waals surface area (Å²) in [5.74, 6) is 0. The van der Waals surface area contributed by atoms with E-state index in [-0.39, 0.29) is 6.04 Å². The molecule has 0 bridgehead atoms. The normalized spacial score (nSPS) is 16.6. The molecule has 0 spiro atoms. The molecule has 4 nitrogen and oxygen atoms in total. The summed E-state index contributed by atoms with van der Waals surface area (Å²) in [4.78, 5) is 6.91. The molecule has 124 valence electrons. The van der Waals surface area contributed by atoms with Crippen LogP contribution in [0.3, 0.4) is 0 Å². The molecule has 1 atom stereocenters. The second-order valence-corrected chi connectivity index (χ2v) is 7.06. The van der Waals surface area contributed by atoms with Gasteiger partial charge in [-0.15, -0.1) is 11.3 Å². The Hall–Kier alpha value is -1.14. The van der Waals surface area contributed by atoms with Crippen molar-refractivity contribution in [2.24, 2.45) is 0 Å². The summed E-state index contributed by atoms with van der Waals surface area (Å²) in [7, 11) is 0. The minimum atomic E-state index is 0.211. The van der Waals surface area contributed by atoms with Gasteiger partial charge in [0.15, 0.2) is 0 Å². The van der Waals surface area contributed by atoms with Crippen molar-refractivity contribution in [3.8, 4) is 0 Å². The Balaban J connectivity index is 1.73. The molecule has 1 aromatic carbocycles. The van der Waals surface area contributed by atoms with Gasteiger partial charge < -0.3 is 15.0 Å². The lowest BCUT2D eigenvalue weighted by Crippen LogP contribution is -2.37. The van der Waals surface area contributed by atoms with Crippen molar-refractivity contribution < 1.29 is 4.74 Å². The zero-order chi connectivity index (χ0) is 16.2. The van der Waals surface area contributed by atoms with Gasteiger partial charge in [0, 0.05) is 47.0 Å². The number of hydrogen-bond acceptors (Lipinski definition) is 5. The minimum Gasteiger partial charge on any atom is -0.378 e. The highest BCUT2D eigenvalue weighted by molar-refractivity contribution is 7.09. The molecule has 0 aliphatic carbocycles. The summed E-state index contributed by atoms with van der Waals surface area (Å²) < 4.78 is 5.45. The maximum atomic E-state index is 6.47. The third-order valence-electron chi connectivity index (χ3n) is 4.04. The number of aryl methyl sites for hydroxylation is 1. The van der Waals surface area contributed by atoms with E-state index < -0.39 is 0 Å². The van der Waals surface area contributed by atoms with Crippen LogP contribution < -0.4 is 10.2 Å². The van der Waals surface area contributed by atoms with E-state index >= 15 is 0 Å². The van der Waals surface area contributed by atoms with Gasteiger partial charge in [-0.05, 0) is 26.0 Å². The first kappa shape index (κ1) is 16.7. The van der Waals surface area contributed by atoms with Crippen molar-refractivity contribution in [3.05, 3.63) is 44.9 Å². The minimum absolute atomic E-state index is 0.211. The molecule has 1 unspecified atom stereocenters. The lowest BCUT2D eigenvalue weighted by Gasteiger charge is -2.31. The predicted molar refractivity (Wildman–Crippen MR) is 96.6 cm³/mol. The van der Waals surface area contributed by atoms with E-state index in [4.69, 9.17) is 16.3 Å². The summed E-state index contributed by atoms with van der Waals surface area (Å²) in [6, 6.07) is 6.33. The van der Waals surface area contributed by atoms with Gasteiger partial charge in [0.25, 0.3) is 0 Å². The fraction of sp³-hybridized carbons (Fsp3) is 0.471. The summed E-state index contributed by atoms with van der Waals surface area (Å²) in [6.07, 6.45) is 0. The second kappa shape index (κ2) is 7.62. The molecule has 0 amide bonds. The number of benzene rings is 1. The molecule has 3 rings (SSSR count). The van der Waals surface area contributed by atoms with Gasteiger partial charge >= 0.3 is 0 Å². The van der Waals surface area contributed by atoms with E-state index in [1.807, 2.05) is 19.1 Å². The summed E-state index contributed by atoms with van der Waals surface area (Å²) >= 11 is 8.17. The Bertz CT molecular complexity index is 655. The summed E-state index contributed by atoms with van der Waals surface area (Å²) in [5, 5.41) is 7.56. The van der Waals surface area contributed by atoms with Crippen molar-refractivity contribution in [3.63, 3.8) is 0 Å².